The van der Waals surface area contributed by atoms with E-state index in [4.69, 9.17) is 4.74 Å². The second-order valence-corrected chi connectivity index (χ2v) is 7.01. The molecule has 3 rings (SSSR count). The molecule has 0 spiro atoms. The molecule has 1 amide bonds. The molecule has 0 N–H and O–H groups in total. The van der Waals surface area contributed by atoms with E-state index >= 15 is 0 Å². The fourth-order valence-electron chi connectivity index (χ4n) is 4.27. The molecule has 0 unspecified atom stereocenters. The summed E-state index contributed by atoms with van der Waals surface area (Å²) < 4.78 is 31.8. The van der Waals surface area contributed by atoms with Crippen molar-refractivity contribution in [3.05, 3.63) is 0 Å². The smallest absolute Gasteiger partial charge is 0.248 e. The quantitative estimate of drug-likeness (QED) is 0.796. The van der Waals surface area contributed by atoms with Gasteiger partial charge in [0.05, 0.1) is 12.6 Å². The molecule has 2 heterocycles. The molecule has 3 fully saturated rings. The molecule has 0 aromatic heterocycles. The lowest BCUT2D eigenvalue weighted by Crippen LogP contribution is -2.62. The van der Waals surface area contributed by atoms with Crippen LogP contribution in [0.15, 0.2) is 0 Å². The first-order chi connectivity index (χ1) is 10.5. The number of fused-ring (bicyclic) bond motifs is 2. The number of ether oxygens (including phenoxy) is 1. The minimum Gasteiger partial charge on any atom is -0.383 e. The third-order valence-corrected chi connectivity index (χ3v) is 5.55. The predicted molar refractivity (Wildman–Crippen MR) is 78.9 cm³/mol. The van der Waals surface area contributed by atoms with Gasteiger partial charge in [0.2, 0.25) is 11.8 Å². The third-order valence-electron chi connectivity index (χ3n) is 5.55. The first-order valence-electron chi connectivity index (χ1n) is 8.41. The molecule has 22 heavy (non-hydrogen) atoms. The maximum absolute atomic E-state index is 13.4. The summed E-state index contributed by atoms with van der Waals surface area (Å²) >= 11 is 0. The Balaban J connectivity index is 1.65. The van der Waals surface area contributed by atoms with E-state index in [2.05, 4.69) is 4.90 Å². The number of halogens is 2. The van der Waals surface area contributed by atoms with Crippen LogP contribution in [0.3, 0.4) is 0 Å². The lowest BCUT2D eigenvalue weighted by molar-refractivity contribution is -0.150. The van der Waals surface area contributed by atoms with Crippen molar-refractivity contribution in [3.8, 4) is 0 Å². The minimum atomic E-state index is -2.50. The van der Waals surface area contributed by atoms with Gasteiger partial charge in [-0.15, -0.1) is 0 Å². The Labute approximate surface area is 130 Å². The molecule has 2 saturated heterocycles. The van der Waals surface area contributed by atoms with E-state index in [1.165, 1.54) is 0 Å². The number of rotatable bonds is 4. The summed E-state index contributed by atoms with van der Waals surface area (Å²) in [4.78, 5) is 16.8. The fourth-order valence-corrected chi connectivity index (χ4v) is 4.27. The fraction of sp³-hybridized carbons (Fsp3) is 0.938. The number of hydrogen-bond acceptors (Lipinski definition) is 3. The summed E-state index contributed by atoms with van der Waals surface area (Å²) in [6, 6.07) is 0.0537. The number of likely N-dealkylation sites (tertiary alicyclic amines) is 2. The minimum absolute atomic E-state index is 0.0358. The third kappa shape index (κ3) is 3.27. The molecular formula is C16H26F2N2O2. The SMILES string of the molecule is COCCN1C[C@H]2CCN(C3CCC(F)(F)CC3)[C@H](C2)C1=O. The van der Waals surface area contributed by atoms with Crippen molar-refractivity contribution in [3.63, 3.8) is 0 Å². The Morgan fingerprint density at radius 1 is 1.27 bits per heavy atom. The van der Waals surface area contributed by atoms with E-state index in [0.717, 1.165) is 25.9 Å². The van der Waals surface area contributed by atoms with Crippen molar-refractivity contribution in [2.75, 3.05) is 33.4 Å². The number of alkyl halides is 2. The zero-order valence-corrected chi connectivity index (χ0v) is 13.3. The molecule has 0 aromatic rings. The van der Waals surface area contributed by atoms with E-state index < -0.39 is 5.92 Å². The highest BCUT2D eigenvalue weighted by Crippen LogP contribution is 2.39. The Hall–Kier alpha value is -0.750. The lowest BCUT2D eigenvalue weighted by atomic mass is 9.82. The Morgan fingerprint density at radius 2 is 2.00 bits per heavy atom. The summed E-state index contributed by atoms with van der Waals surface area (Å²) in [6.45, 7) is 2.91. The van der Waals surface area contributed by atoms with Gasteiger partial charge in [-0.3, -0.25) is 9.69 Å². The molecule has 4 nitrogen and oxygen atoms in total. The summed E-state index contributed by atoms with van der Waals surface area (Å²) in [5.74, 6) is -1.78. The van der Waals surface area contributed by atoms with Gasteiger partial charge < -0.3 is 9.64 Å². The molecule has 1 aliphatic carbocycles. The van der Waals surface area contributed by atoms with Gasteiger partial charge in [0.1, 0.15) is 0 Å². The average Bonchev–Trinajstić information content (AvgIpc) is 2.50. The Bertz CT molecular complexity index is 409. The van der Waals surface area contributed by atoms with Crippen molar-refractivity contribution in [1.82, 2.24) is 9.80 Å². The van der Waals surface area contributed by atoms with Crippen molar-refractivity contribution in [2.24, 2.45) is 5.92 Å². The van der Waals surface area contributed by atoms with Crippen molar-refractivity contribution in [2.45, 2.75) is 56.5 Å². The molecule has 2 aliphatic heterocycles. The van der Waals surface area contributed by atoms with E-state index in [9.17, 15) is 13.6 Å². The first-order valence-corrected chi connectivity index (χ1v) is 8.41. The van der Waals surface area contributed by atoms with Crippen molar-refractivity contribution < 1.29 is 18.3 Å². The van der Waals surface area contributed by atoms with Gasteiger partial charge in [-0.05, 0) is 38.1 Å². The van der Waals surface area contributed by atoms with Crippen LogP contribution in [-0.2, 0) is 9.53 Å². The maximum atomic E-state index is 13.4. The van der Waals surface area contributed by atoms with Crippen LogP contribution < -0.4 is 0 Å². The van der Waals surface area contributed by atoms with Gasteiger partial charge in [-0.1, -0.05) is 0 Å². The molecule has 3 aliphatic rings. The van der Waals surface area contributed by atoms with E-state index in [0.29, 0.717) is 31.9 Å². The van der Waals surface area contributed by atoms with Crippen LogP contribution in [-0.4, -0.2) is 67.1 Å². The van der Waals surface area contributed by atoms with Crippen LogP contribution in [0, 0.1) is 5.92 Å². The van der Waals surface area contributed by atoms with Crippen LogP contribution in [0.4, 0.5) is 8.78 Å². The number of piperidine rings is 2. The topological polar surface area (TPSA) is 32.8 Å². The lowest BCUT2D eigenvalue weighted by Gasteiger charge is -2.50. The molecule has 6 heteroatoms. The molecule has 2 bridgehead atoms. The Kier molecular flexibility index (Phi) is 4.69. The number of nitrogens with zero attached hydrogens (tertiary/aromatic N) is 2. The summed E-state index contributed by atoms with van der Waals surface area (Å²) in [6.07, 6.45) is 2.92. The van der Waals surface area contributed by atoms with Gasteiger partial charge in [-0.2, -0.15) is 0 Å². The van der Waals surface area contributed by atoms with E-state index in [1.807, 2.05) is 4.90 Å². The van der Waals surface area contributed by atoms with Gasteiger partial charge in [0.15, 0.2) is 0 Å². The van der Waals surface area contributed by atoms with Crippen LogP contribution in [0.2, 0.25) is 0 Å². The second kappa shape index (κ2) is 6.40. The largest absolute Gasteiger partial charge is 0.383 e. The number of carbonyl (C=O) groups excluding carboxylic acids is 1. The van der Waals surface area contributed by atoms with Crippen molar-refractivity contribution >= 4 is 5.91 Å². The van der Waals surface area contributed by atoms with Crippen LogP contribution in [0.25, 0.3) is 0 Å². The molecule has 1 saturated carbocycles. The zero-order chi connectivity index (χ0) is 15.7. The van der Waals surface area contributed by atoms with Gasteiger partial charge in [0.25, 0.3) is 0 Å². The average molecular weight is 316 g/mol. The van der Waals surface area contributed by atoms with E-state index in [-0.39, 0.29) is 30.8 Å². The highest BCUT2D eigenvalue weighted by Gasteiger charge is 2.45. The van der Waals surface area contributed by atoms with Gasteiger partial charge in [-0.25, -0.2) is 8.78 Å². The molecule has 0 radical (unpaired) electrons. The number of amides is 1. The van der Waals surface area contributed by atoms with Gasteiger partial charge >= 0.3 is 0 Å². The van der Waals surface area contributed by atoms with Crippen LogP contribution in [0.5, 0.6) is 0 Å². The zero-order valence-electron chi connectivity index (χ0n) is 13.3. The molecular weight excluding hydrogens is 290 g/mol. The predicted octanol–water partition coefficient (Wildman–Crippen LogP) is 2.13. The Morgan fingerprint density at radius 3 is 2.68 bits per heavy atom. The first kappa shape index (κ1) is 16.1. The summed E-state index contributed by atoms with van der Waals surface area (Å²) in [5, 5.41) is 0. The molecule has 0 aromatic carbocycles. The van der Waals surface area contributed by atoms with E-state index in [1.54, 1.807) is 7.11 Å². The normalized spacial score (nSPS) is 33.2. The summed E-state index contributed by atoms with van der Waals surface area (Å²) in [7, 11) is 1.64. The molecule has 2 atom stereocenters. The monoisotopic (exact) mass is 316 g/mol. The maximum Gasteiger partial charge on any atom is 0.248 e. The van der Waals surface area contributed by atoms with Crippen molar-refractivity contribution in [1.29, 1.82) is 0 Å². The highest BCUT2D eigenvalue weighted by atomic mass is 19.3. The second-order valence-electron chi connectivity index (χ2n) is 7.01. The summed E-state index contributed by atoms with van der Waals surface area (Å²) in [5.41, 5.74) is 0. The standard InChI is InChI=1S/C16H26F2N2O2/c1-22-9-8-19-11-12-4-7-20(14(10-12)15(19)21)13-2-5-16(17,18)6-3-13/h12-14H,2-11H2,1H3/t12-,14+/m0/s1. The number of methoxy groups -OCH3 is 1. The number of hydrogen-bond donors (Lipinski definition) is 0. The highest BCUT2D eigenvalue weighted by molar-refractivity contribution is 5.83. The van der Waals surface area contributed by atoms with Crippen LogP contribution >= 0.6 is 0 Å². The van der Waals surface area contributed by atoms with Gasteiger partial charge in [0, 0.05) is 39.1 Å². The van der Waals surface area contributed by atoms with Crippen LogP contribution in [0.1, 0.15) is 38.5 Å². The molecule has 126 valence electrons. The number of carbonyl (C=O) groups is 1.